The first-order chi connectivity index (χ1) is 10.7. The predicted octanol–water partition coefficient (Wildman–Crippen LogP) is 3.45. The summed E-state index contributed by atoms with van der Waals surface area (Å²) in [7, 11) is 0. The number of rotatable bonds is 7. The predicted molar refractivity (Wildman–Crippen MR) is 88.4 cm³/mol. The molecule has 2 rings (SSSR count). The van der Waals surface area contributed by atoms with Gasteiger partial charge in [0.15, 0.2) is 0 Å². The average Bonchev–Trinajstić information content (AvgIpc) is 2.52. The molecule has 0 fully saturated rings. The summed E-state index contributed by atoms with van der Waals surface area (Å²) in [5.41, 5.74) is 1.32. The highest BCUT2D eigenvalue weighted by atomic mass is 16.1. The molecule has 0 unspecified atom stereocenters. The molecule has 0 aliphatic carbocycles. The van der Waals surface area contributed by atoms with Gasteiger partial charge >= 0.3 is 0 Å². The second kappa shape index (κ2) is 8.12. The van der Waals surface area contributed by atoms with Crippen molar-refractivity contribution in [2.45, 2.75) is 33.1 Å². The lowest BCUT2D eigenvalue weighted by Gasteiger charge is -2.09. The third-order valence-electron chi connectivity index (χ3n) is 3.18. The monoisotopic (exact) mass is 298 g/mol. The van der Waals surface area contributed by atoms with Crippen molar-refractivity contribution in [2.75, 3.05) is 11.9 Å². The van der Waals surface area contributed by atoms with E-state index < -0.39 is 0 Å². The molecule has 1 heterocycles. The first kappa shape index (κ1) is 15.9. The van der Waals surface area contributed by atoms with Gasteiger partial charge in [-0.2, -0.15) is 0 Å². The molecule has 0 aliphatic heterocycles. The van der Waals surface area contributed by atoms with E-state index in [0.29, 0.717) is 23.9 Å². The van der Waals surface area contributed by atoms with Gasteiger partial charge in [0.05, 0.1) is 0 Å². The molecule has 0 saturated heterocycles. The number of aryl methyl sites for hydroxylation is 1. The summed E-state index contributed by atoms with van der Waals surface area (Å²) >= 11 is 0. The molecule has 1 aromatic heterocycles. The third kappa shape index (κ3) is 4.84. The van der Waals surface area contributed by atoms with E-state index in [0.717, 1.165) is 24.9 Å². The van der Waals surface area contributed by atoms with Gasteiger partial charge in [0, 0.05) is 18.3 Å². The lowest BCUT2D eigenvalue weighted by Crippen LogP contribution is -2.25. The van der Waals surface area contributed by atoms with Crippen molar-refractivity contribution in [3.8, 4) is 0 Å². The Morgan fingerprint density at radius 2 is 1.91 bits per heavy atom. The van der Waals surface area contributed by atoms with E-state index in [1.165, 1.54) is 0 Å². The quantitative estimate of drug-likeness (QED) is 0.768. The number of carbonyl (C=O) groups excluding carboxylic acids is 1. The van der Waals surface area contributed by atoms with Crippen LogP contribution in [0.1, 0.15) is 42.5 Å². The molecule has 5 nitrogen and oxygen atoms in total. The van der Waals surface area contributed by atoms with Crippen molar-refractivity contribution < 1.29 is 4.79 Å². The van der Waals surface area contributed by atoms with Gasteiger partial charge in [0.2, 0.25) is 0 Å². The van der Waals surface area contributed by atoms with Gasteiger partial charge in [-0.25, -0.2) is 9.97 Å². The van der Waals surface area contributed by atoms with Crippen LogP contribution in [-0.4, -0.2) is 22.4 Å². The van der Waals surface area contributed by atoms with E-state index in [4.69, 9.17) is 0 Å². The maximum absolute atomic E-state index is 12.1. The maximum Gasteiger partial charge on any atom is 0.270 e. The van der Waals surface area contributed by atoms with Crippen LogP contribution in [-0.2, 0) is 0 Å². The zero-order chi connectivity index (χ0) is 15.8. The van der Waals surface area contributed by atoms with Crippen LogP contribution in [0.5, 0.6) is 0 Å². The highest BCUT2D eigenvalue weighted by Crippen LogP contribution is 2.14. The summed E-state index contributed by atoms with van der Waals surface area (Å²) in [6, 6.07) is 11.4. The Kier molecular flexibility index (Phi) is 5.89. The SMILES string of the molecule is CCCCCNC(=O)c1cc(Nc2ccccc2)nc(C)n1. The number of hydrogen-bond acceptors (Lipinski definition) is 4. The zero-order valence-electron chi connectivity index (χ0n) is 13.1. The lowest BCUT2D eigenvalue weighted by molar-refractivity contribution is 0.0947. The molecular weight excluding hydrogens is 276 g/mol. The fourth-order valence-electron chi connectivity index (χ4n) is 2.08. The van der Waals surface area contributed by atoms with Crippen molar-refractivity contribution in [1.29, 1.82) is 0 Å². The molecule has 0 atom stereocenters. The first-order valence-corrected chi connectivity index (χ1v) is 7.65. The van der Waals surface area contributed by atoms with Crippen molar-refractivity contribution in [1.82, 2.24) is 15.3 Å². The summed E-state index contributed by atoms with van der Waals surface area (Å²) < 4.78 is 0. The molecule has 0 radical (unpaired) electrons. The lowest BCUT2D eigenvalue weighted by atomic mass is 10.2. The van der Waals surface area contributed by atoms with E-state index >= 15 is 0 Å². The second-order valence-electron chi connectivity index (χ2n) is 5.14. The van der Waals surface area contributed by atoms with E-state index in [2.05, 4.69) is 27.5 Å². The molecule has 2 N–H and O–H groups in total. The second-order valence-corrected chi connectivity index (χ2v) is 5.14. The normalized spacial score (nSPS) is 10.3. The highest BCUT2D eigenvalue weighted by molar-refractivity contribution is 5.93. The summed E-state index contributed by atoms with van der Waals surface area (Å²) in [4.78, 5) is 20.7. The van der Waals surface area contributed by atoms with Crippen LogP contribution in [0.3, 0.4) is 0 Å². The number of para-hydroxylation sites is 1. The number of carbonyl (C=O) groups is 1. The van der Waals surface area contributed by atoms with Crippen LogP contribution < -0.4 is 10.6 Å². The summed E-state index contributed by atoms with van der Waals surface area (Å²) in [5.74, 6) is 1.04. The van der Waals surface area contributed by atoms with Crippen LogP contribution in [0.2, 0.25) is 0 Å². The molecule has 5 heteroatoms. The minimum absolute atomic E-state index is 0.155. The Bertz CT molecular complexity index is 613. The standard InChI is InChI=1S/C17H22N4O/c1-3-4-8-11-18-17(22)15-12-16(20-13(2)19-15)21-14-9-6-5-7-10-14/h5-7,9-10,12H,3-4,8,11H2,1-2H3,(H,18,22)(H,19,20,21). The van der Waals surface area contributed by atoms with Gasteiger partial charge in [-0.15, -0.1) is 0 Å². The number of amides is 1. The zero-order valence-corrected chi connectivity index (χ0v) is 13.1. The van der Waals surface area contributed by atoms with Gasteiger partial charge in [-0.05, 0) is 25.5 Å². The summed E-state index contributed by atoms with van der Waals surface area (Å²) in [6.45, 7) is 4.60. The first-order valence-electron chi connectivity index (χ1n) is 7.65. The molecule has 0 bridgehead atoms. The molecule has 1 aromatic carbocycles. The number of nitrogens with one attached hydrogen (secondary N) is 2. The largest absolute Gasteiger partial charge is 0.351 e. The van der Waals surface area contributed by atoms with Crippen LogP contribution in [0, 0.1) is 6.92 Å². The van der Waals surface area contributed by atoms with E-state index in [1.54, 1.807) is 13.0 Å². The molecule has 2 aromatic rings. The fourth-order valence-corrected chi connectivity index (χ4v) is 2.08. The average molecular weight is 298 g/mol. The van der Waals surface area contributed by atoms with E-state index in [9.17, 15) is 4.79 Å². The topological polar surface area (TPSA) is 66.9 Å². The van der Waals surface area contributed by atoms with Crippen molar-refractivity contribution in [3.05, 3.63) is 47.9 Å². The molecule has 0 spiro atoms. The van der Waals surface area contributed by atoms with E-state index in [-0.39, 0.29) is 5.91 Å². The van der Waals surface area contributed by atoms with Gasteiger partial charge in [-0.1, -0.05) is 38.0 Å². The van der Waals surface area contributed by atoms with Gasteiger partial charge in [0.25, 0.3) is 5.91 Å². The number of nitrogens with zero attached hydrogens (tertiary/aromatic N) is 2. The van der Waals surface area contributed by atoms with Crippen LogP contribution >= 0.6 is 0 Å². The number of anilines is 2. The Morgan fingerprint density at radius 3 is 2.64 bits per heavy atom. The Morgan fingerprint density at radius 1 is 1.14 bits per heavy atom. The number of unbranched alkanes of at least 4 members (excludes halogenated alkanes) is 2. The molecular formula is C17H22N4O. The fraction of sp³-hybridized carbons (Fsp3) is 0.353. The summed E-state index contributed by atoms with van der Waals surface area (Å²) in [6.07, 6.45) is 3.24. The molecule has 0 saturated carbocycles. The maximum atomic E-state index is 12.1. The van der Waals surface area contributed by atoms with Crippen LogP contribution in [0.4, 0.5) is 11.5 Å². The van der Waals surface area contributed by atoms with E-state index in [1.807, 2.05) is 30.3 Å². The number of hydrogen-bond donors (Lipinski definition) is 2. The van der Waals surface area contributed by atoms with Crippen molar-refractivity contribution in [3.63, 3.8) is 0 Å². The highest BCUT2D eigenvalue weighted by Gasteiger charge is 2.10. The Labute approximate surface area is 131 Å². The van der Waals surface area contributed by atoms with Gasteiger partial charge in [-0.3, -0.25) is 4.79 Å². The van der Waals surface area contributed by atoms with Crippen molar-refractivity contribution >= 4 is 17.4 Å². The van der Waals surface area contributed by atoms with Gasteiger partial charge in [0.1, 0.15) is 17.3 Å². The minimum atomic E-state index is -0.155. The number of aromatic nitrogens is 2. The Hall–Kier alpha value is -2.43. The van der Waals surface area contributed by atoms with Crippen LogP contribution in [0.15, 0.2) is 36.4 Å². The van der Waals surface area contributed by atoms with Gasteiger partial charge < -0.3 is 10.6 Å². The molecule has 116 valence electrons. The molecule has 1 amide bonds. The Balaban J connectivity index is 2.04. The van der Waals surface area contributed by atoms with Crippen LogP contribution in [0.25, 0.3) is 0 Å². The summed E-state index contributed by atoms with van der Waals surface area (Å²) in [5, 5.41) is 6.08. The smallest absolute Gasteiger partial charge is 0.270 e. The number of benzene rings is 1. The minimum Gasteiger partial charge on any atom is -0.351 e. The third-order valence-corrected chi connectivity index (χ3v) is 3.18. The van der Waals surface area contributed by atoms with Crippen molar-refractivity contribution in [2.24, 2.45) is 0 Å². The molecule has 22 heavy (non-hydrogen) atoms. The molecule has 0 aliphatic rings.